The molecule has 3 rings (SSSR count). The largest absolute Gasteiger partial charge is 0.424 e. The van der Waals surface area contributed by atoms with E-state index in [1.165, 1.54) is 5.56 Å². The van der Waals surface area contributed by atoms with Crippen molar-refractivity contribution < 1.29 is 4.42 Å². The molecule has 5 heteroatoms. The number of hydrogen-bond acceptors (Lipinski definition) is 5. The molecule has 0 bridgehead atoms. The molecule has 0 radical (unpaired) electrons. The first-order chi connectivity index (χ1) is 9.74. The Morgan fingerprint density at radius 1 is 1.30 bits per heavy atom. The van der Waals surface area contributed by atoms with Gasteiger partial charge in [0.25, 0.3) is 0 Å². The maximum Gasteiger partial charge on any atom is 0.230 e. The third-order valence-electron chi connectivity index (χ3n) is 3.64. The molecule has 4 nitrogen and oxygen atoms in total. The summed E-state index contributed by atoms with van der Waals surface area (Å²) in [7, 11) is 0. The summed E-state index contributed by atoms with van der Waals surface area (Å²) in [4.78, 5) is 2.45. The number of thioether (sulfide) groups is 1. The quantitative estimate of drug-likeness (QED) is 0.868. The van der Waals surface area contributed by atoms with Crippen LogP contribution in [0.2, 0.25) is 0 Å². The van der Waals surface area contributed by atoms with E-state index in [2.05, 4.69) is 52.4 Å². The fourth-order valence-corrected chi connectivity index (χ4v) is 3.99. The van der Waals surface area contributed by atoms with E-state index >= 15 is 0 Å². The Kier molecular flexibility index (Phi) is 4.08. The minimum Gasteiger partial charge on any atom is -0.424 e. The van der Waals surface area contributed by atoms with Crippen LogP contribution in [0.5, 0.6) is 0 Å². The van der Waals surface area contributed by atoms with E-state index in [4.69, 9.17) is 4.42 Å². The molecule has 0 amide bonds. The number of aryl methyl sites for hydroxylation is 1. The molecule has 2 heterocycles. The van der Waals surface area contributed by atoms with Crippen molar-refractivity contribution in [3.63, 3.8) is 0 Å². The Labute approximate surface area is 123 Å². The van der Waals surface area contributed by atoms with E-state index in [9.17, 15) is 0 Å². The second-order valence-electron chi connectivity index (χ2n) is 5.12. The van der Waals surface area contributed by atoms with Crippen LogP contribution in [0.15, 0.2) is 34.7 Å². The summed E-state index contributed by atoms with van der Waals surface area (Å²) in [6.07, 6.45) is 0. The molecule has 2 aromatic rings. The second kappa shape index (κ2) is 5.97. The predicted molar refractivity (Wildman–Crippen MR) is 80.5 cm³/mol. The Balaban J connectivity index is 1.83. The van der Waals surface area contributed by atoms with Crippen LogP contribution in [-0.2, 0) is 6.54 Å². The van der Waals surface area contributed by atoms with E-state index in [-0.39, 0.29) is 0 Å². The number of nitrogens with zero attached hydrogens (tertiary/aromatic N) is 3. The molecule has 0 aliphatic carbocycles. The minimum atomic E-state index is 0.405. The molecule has 1 fully saturated rings. The van der Waals surface area contributed by atoms with Gasteiger partial charge in [-0.1, -0.05) is 37.3 Å². The Morgan fingerprint density at radius 2 is 2.10 bits per heavy atom. The predicted octanol–water partition coefficient (Wildman–Crippen LogP) is 3.06. The van der Waals surface area contributed by atoms with Gasteiger partial charge < -0.3 is 4.42 Å². The topological polar surface area (TPSA) is 42.2 Å². The molecule has 0 spiro atoms. The van der Waals surface area contributed by atoms with Crippen molar-refractivity contribution in [3.8, 4) is 0 Å². The van der Waals surface area contributed by atoms with Crippen molar-refractivity contribution in [3.05, 3.63) is 47.7 Å². The van der Waals surface area contributed by atoms with Crippen molar-refractivity contribution in [2.75, 3.05) is 12.3 Å². The summed E-state index contributed by atoms with van der Waals surface area (Å²) in [6.45, 7) is 5.91. The van der Waals surface area contributed by atoms with Crippen LogP contribution in [0.1, 0.15) is 30.3 Å². The zero-order valence-electron chi connectivity index (χ0n) is 11.8. The lowest BCUT2D eigenvalue weighted by molar-refractivity contribution is 0.173. The highest BCUT2D eigenvalue weighted by atomic mass is 32.2. The molecule has 1 aromatic heterocycles. The summed E-state index contributed by atoms with van der Waals surface area (Å²) in [5, 5.41) is 8.61. The van der Waals surface area contributed by atoms with Gasteiger partial charge in [0.05, 0.1) is 6.54 Å². The van der Waals surface area contributed by atoms with Gasteiger partial charge in [-0.15, -0.1) is 10.2 Å². The molecule has 20 heavy (non-hydrogen) atoms. The van der Waals surface area contributed by atoms with Crippen LogP contribution in [0, 0.1) is 6.92 Å². The molecule has 1 aliphatic heterocycles. The van der Waals surface area contributed by atoms with Crippen molar-refractivity contribution in [2.45, 2.75) is 31.7 Å². The molecule has 0 N–H and O–H groups in total. The third-order valence-corrected chi connectivity index (χ3v) is 4.85. The number of hydrogen-bond donors (Lipinski definition) is 0. The summed E-state index contributed by atoms with van der Waals surface area (Å²) >= 11 is 2.03. The maximum atomic E-state index is 5.53. The molecular formula is C15H19N3OS. The Hall–Kier alpha value is -1.33. The highest BCUT2D eigenvalue weighted by Crippen LogP contribution is 2.36. The highest BCUT2D eigenvalue weighted by molar-refractivity contribution is 8.00. The lowest BCUT2D eigenvalue weighted by Gasteiger charge is -2.39. The second-order valence-corrected chi connectivity index (χ2v) is 6.60. The van der Waals surface area contributed by atoms with Gasteiger partial charge in [0.2, 0.25) is 11.8 Å². The van der Waals surface area contributed by atoms with Crippen LogP contribution in [-0.4, -0.2) is 32.6 Å². The van der Waals surface area contributed by atoms with Crippen LogP contribution in [0.4, 0.5) is 0 Å². The van der Waals surface area contributed by atoms with Gasteiger partial charge in [0, 0.05) is 30.5 Å². The first kappa shape index (κ1) is 13.6. The number of benzene rings is 1. The third kappa shape index (κ3) is 2.88. The molecule has 0 unspecified atom stereocenters. The van der Waals surface area contributed by atoms with Crippen LogP contribution in [0.25, 0.3) is 0 Å². The SMILES string of the molecule is Cc1nnc(CN2CCS[C@H](C)[C@H]2c2ccccc2)o1. The lowest BCUT2D eigenvalue weighted by Crippen LogP contribution is -2.39. The Bertz CT molecular complexity index is 557. The summed E-state index contributed by atoms with van der Waals surface area (Å²) in [6, 6.07) is 11.1. The van der Waals surface area contributed by atoms with Gasteiger partial charge in [0.1, 0.15) is 0 Å². The number of aromatic nitrogens is 2. The monoisotopic (exact) mass is 289 g/mol. The van der Waals surface area contributed by atoms with Crippen molar-refractivity contribution in [1.82, 2.24) is 15.1 Å². The van der Waals surface area contributed by atoms with Gasteiger partial charge in [-0.25, -0.2) is 0 Å². The first-order valence-corrected chi connectivity index (χ1v) is 7.98. The summed E-state index contributed by atoms with van der Waals surface area (Å²) < 4.78 is 5.53. The van der Waals surface area contributed by atoms with Gasteiger partial charge in [-0.05, 0) is 5.56 Å². The van der Waals surface area contributed by atoms with E-state index in [1.807, 2.05) is 18.7 Å². The average molecular weight is 289 g/mol. The zero-order chi connectivity index (χ0) is 13.9. The van der Waals surface area contributed by atoms with Gasteiger partial charge >= 0.3 is 0 Å². The molecule has 1 aromatic carbocycles. The lowest BCUT2D eigenvalue weighted by atomic mass is 10.0. The molecular weight excluding hydrogens is 270 g/mol. The van der Waals surface area contributed by atoms with E-state index < -0.39 is 0 Å². The maximum absolute atomic E-state index is 5.53. The molecule has 2 atom stereocenters. The first-order valence-electron chi connectivity index (χ1n) is 6.93. The van der Waals surface area contributed by atoms with Crippen LogP contribution in [0.3, 0.4) is 0 Å². The number of rotatable bonds is 3. The van der Waals surface area contributed by atoms with Gasteiger partial charge in [0.15, 0.2) is 0 Å². The van der Waals surface area contributed by atoms with Crippen molar-refractivity contribution >= 4 is 11.8 Å². The van der Waals surface area contributed by atoms with Crippen LogP contribution >= 0.6 is 11.8 Å². The van der Waals surface area contributed by atoms with E-state index in [1.54, 1.807) is 0 Å². The fourth-order valence-electron chi connectivity index (χ4n) is 2.77. The average Bonchev–Trinajstić information content (AvgIpc) is 2.85. The van der Waals surface area contributed by atoms with E-state index in [0.29, 0.717) is 23.1 Å². The minimum absolute atomic E-state index is 0.405. The molecule has 1 saturated heterocycles. The van der Waals surface area contributed by atoms with Gasteiger partial charge in [-0.2, -0.15) is 11.8 Å². The smallest absolute Gasteiger partial charge is 0.230 e. The molecule has 1 aliphatic rings. The molecule has 0 saturated carbocycles. The highest BCUT2D eigenvalue weighted by Gasteiger charge is 2.31. The summed E-state index contributed by atoms with van der Waals surface area (Å²) in [5.74, 6) is 2.50. The Morgan fingerprint density at radius 3 is 2.80 bits per heavy atom. The summed E-state index contributed by atoms with van der Waals surface area (Å²) in [5.41, 5.74) is 1.36. The van der Waals surface area contributed by atoms with E-state index in [0.717, 1.165) is 18.8 Å². The van der Waals surface area contributed by atoms with Crippen molar-refractivity contribution in [2.24, 2.45) is 0 Å². The van der Waals surface area contributed by atoms with Crippen molar-refractivity contribution in [1.29, 1.82) is 0 Å². The fraction of sp³-hybridized carbons (Fsp3) is 0.467. The molecule has 106 valence electrons. The normalized spacial score (nSPS) is 23.9. The zero-order valence-corrected chi connectivity index (χ0v) is 12.6. The van der Waals surface area contributed by atoms with Crippen LogP contribution < -0.4 is 0 Å². The standard InChI is InChI=1S/C15H19N3OS/c1-11-15(13-6-4-3-5-7-13)18(8-9-20-11)10-14-17-16-12(2)19-14/h3-7,11,15H,8-10H2,1-2H3/t11-,15+/m1/s1. The van der Waals surface area contributed by atoms with Gasteiger partial charge in [-0.3, -0.25) is 4.90 Å².